The predicted molar refractivity (Wildman–Crippen MR) is 69.5 cm³/mol. The molecular weight excluding hydrogens is 234 g/mol. The number of hydrogen-bond acceptors (Lipinski definition) is 5. The van der Waals surface area contributed by atoms with Crippen molar-refractivity contribution in [2.24, 2.45) is 0 Å². The molecule has 92 valence electrons. The van der Waals surface area contributed by atoms with Crippen molar-refractivity contribution in [2.75, 3.05) is 5.32 Å². The summed E-state index contributed by atoms with van der Waals surface area (Å²) >= 11 is 1.64. The van der Waals surface area contributed by atoms with Crippen LogP contribution in [0.25, 0.3) is 0 Å². The summed E-state index contributed by atoms with van der Waals surface area (Å²) in [5.41, 5.74) is 3.19. The van der Waals surface area contributed by atoms with Gasteiger partial charge in [0.2, 0.25) is 0 Å². The van der Waals surface area contributed by atoms with Crippen molar-refractivity contribution in [1.29, 1.82) is 0 Å². The van der Waals surface area contributed by atoms with Gasteiger partial charge in [0.1, 0.15) is 5.76 Å². The lowest BCUT2D eigenvalue weighted by molar-refractivity contribution is 0.392. The molecule has 0 bridgehead atoms. The van der Waals surface area contributed by atoms with Gasteiger partial charge in [-0.15, -0.1) is 11.3 Å². The van der Waals surface area contributed by atoms with Gasteiger partial charge < -0.3 is 9.84 Å². The van der Waals surface area contributed by atoms with Crippen LogP contribution in [0.3, 0.4) is 0 Å². The lowest BCUT2D eigenvalue weighted by Gasteiger charge is -2.12. The Morgan fingerprint density at radius 1 is 1.47 bits per heavy atom. The van der Waals surface area contributed by atoms with E-state index >= 15 is 0 Å². The Labute approximate surface area is 105 Å². The number of anilines is 1. The van der Waals surface area contributed by atoms with Crippen LogP contribution in [0.15, 0.2) is 9.90 Å². The van der Waals surface area contributed by atoms with E-state index in [2.05, 4.69) is 34.7 Å². The van der Waals surface area contributed by atoms with Crippen LogP contribution in [-0.2, 0) is 6.42 Å². The summed E-state index contributed by atoms with van der Waals surface area (Å²) in [6.45, 7) is 8.10. The van der Waals surface area contributed by atoms with Crippen molar-refractivity contribution in [3.05, 3.63) is 28.1 Å². The molecule has 0 amide bonds. The van der Waals surface area contributed by atoms with Crippen molar-refractivity contribution >= 4 is 16.5 Å². The fourth-order valence-corrected chi connectivity index (χ4v) is 2.78. The lowest BCUT2D eigenvalue weighted by Crippen LogP contribution is -2.08. The zero-order valence-corrected chi connectivity index (χ0v) is 11.4. The van der Waals surface area contributed by atoms with Crippen LogP contribution in [-0.4, -0.2) is 10.1 Å². The van der Waals surface area contributed by atoms with E-state index in [4.69, 9.17) is 4.52 Å². The third kappa shape index (κ3) is 2.49. The minimum Gasteiger partial charge on any atom is -0.361 e. The van der Waals surface area contributed by atoms with E-state index in [1.807, 2.05) is 13.8 Å². The fourth-order valence-electron chi connectivity index (χ4n) is 1.90. The molecule has 4 nitrogen and oxygen atoms in total. The van der Waals surface area contributed by atoms with E-state index in [1.54, 1.807) is 11.3 Å². The van der Waals surface area contributed by atoms with Crippen LogP contribution < -0.4 is 5.32 Å². The van der Waals surface area contributed by atoms with Gasteiger partial charge in [-0.3, -0.25) is 0 Å². The average Bonchev–Trinajstić information content (AvgIpc) is 2.86. The first kappa shape index (κ1) is 12.1. The molecule has 0 saturated heterocycles. The average molecular weight is 251 g/mol. The smallest absolute Gasteiger partial charge is 0.183 e. The van der Waals surface area contributed by atoms with Gasteiger partial charge in [-0.05, 0) is 27.2 Å². The monoisotopic (exact) mass is 251 g/mol. The SMILES string of the molecule is CCc1csc(NC(C)c2c(C)noc2C)n1. The molecule has 2 aromatic heterocycles. The van der Waals surface area contributed by atoms with Crippen LogP contribution in [0.4, 0.5) is 5.13 Å². The molecule has 0 spiro atoms. The minimum atomic E-state index is 0.164. The number of rotatable bonds is 4. The first-order valence-corrected chi connectivity index (χ1v) is 6.63. The summed E-state index contributed by atoms with van der Waals surface area (Å²) in [4.78, 5) is 4.49. The number of hydrogen-bond donors (Lipinski definition) is 1. The molecule has 0 fully saturated rings. The Hall–Kier alpha value is -1.36. The van der Waals surface area contributed by atoms with Crippen molar-refractivity contribution < 1.29 is 4.52 Å². The molecule has 2 aromatic rings. The van der Waals surface area contributed by atoms with Gasteiger partial charge in [-0.1, -0.05) is 12.1 Å². The topological polar surface area (TPSA) is 51.0 Å². The summed E-state index contributed by atoms with van der Waals surface area (Å²) in [5.74, 6) is 0.870. The molecule has 0 radical (unpaired) electrons. The number of aromatic nitrogens is 2. The molecular formula is C12H17N3OS. The Balaban J connectivity index is 2.14. The summed E-state index contributed by atoms with van der Waals surface area (Å²) in [7, 11) is 0. The second-order valence-corrected chi connectivity index (χ2v) is 4.96. The lowest BCUT2D eigenvalue weighted by atomic mass is 10.1. The Morgan fingerprint density at radius 3 is 2.76 bits per heavy atom. The van der Waals surface area contributed by atoms with Gasteiger partial charge in [0.15, 0.2) is 5.13 Å². The molecule has 2 rings (SSSR count). The summed E-state index contributed by atoms with van der Waals surface area (Å²) in [6.07, 6.45) is 0.970. The highest BCUT2D eigenvalue weighted by Gasteiger charge is 2.17. The van der Waals surface area contributed by atoms with Crippen molar-refractivity contribution in [3.8, 4) is 0 Å². The van der Waals surface area contributed by atoms with Crippen molar-refractivity contribution in [1.82, 2.24) is 10.1 Å². The molecule has 0 aliphatic rings. The zero-order valence-electron chi connectivity index (χ0n) is 10.6. The normalized spacial score (nSPS) is 12.7. The third-order valence-electron chi connectivity index (χ3n) is 2.78. The molecule has 0 aromatic carbocycles. The number of nitrogens with zero attached hydrogens (tertiary/aromatic N) is 2. The van der Waals surface area contributed by atoms with Gasteiger partial charge in [0.05, 0.1) is 17.4 Å². The molecule has 5 heteroatoms. The van der Waals surface area contributed by atoms with Crippen LogP contribution >= 0.6 is 11.3 Å². The maximum atomic E-state index is 5.17. The van der Waals surface area contributed by atoms with Crippen molar-refractivity contribution in [2.45, 2.75) is 40.2 Å². The first-order valence-electron chi connectivity index (χ1n) is 5.75. The highest BCUT2D eigenvalue weighted by atomic mass is 32.1. The summed E-state index contributed by atoms with van der Waals surface area (Å²) in [5, 5.41) is 10.4. The van der Waals surface area contributed by atoms with E-state index in [0.717, 1.165) is 34.3 Å². The molecule has 0 aliphatic carbocycles. The predicted octanol–water partition coefficient (Wildman–Crippen LogP) is 3.48. The molecule has 17 heavy (non-hydrogen) atoms. The fraction of sp³-hybridized carbons (Fsp3) is 0.500. The van der Waals surface area contributed by atoms with E-state index in [-0.39, 0.29) is 6.04 Å². The summed E-state index contributed by atoms with van der Waals surface area (Å²) in [6, 6.07) is 0.164. The second-order valence-electron chi connectivity index (χ2n) is 4.10. The second kappa shape index (κ2) is 4.87. The molecule has 0 saturated carbocycles. The van der Waals surface area contributed by atoms with Crippen LogP contribution in [0.2, 0.25) is 0 Å². The van der Waals surface area contributed by atoms with Gasteiger partial charge in [-0.25, -0.2) is 4.98 Å². The first-order chi connectivity index (χ1) is 8.11. The quantitative estimate of drug-likeness (QED) is 0.903. The van der Waals surface area contributed by atoms with Gasteiger partial charge in [-0.2, -0.15) is 0 Å². The maximum absolute atomic E-state index is 5.17. The highest BCUT2D eigenvalue weighted by Crippen LogP contribution is 2.26. The number of aryl methyl sites for hydroxylation is 3. The minimum absolute atomic E-state index is 0.164. The van der Waals surface area contributed by atoms with Gasteiger partial charge in [0.25, 0.3) is 0 Å². The van der Waals surface area contributed by atoms with E-state index in [0.29, 0.717) is 0 Å². The van der Waals surface area contributed by atoms with E-state index in [9.17, 15) is 0 Å². The third-order valence-corrected chi connectivity index (χ3v) is 3.60. The summed E-state index contributed by atoms with van der Waals surface area (Å²) < 4.78 is 5.17. The molecule has 1 unspecified atom stereocenters. The van der Waals surface area contributed by atoms with Crippen molar-refractivity contribution in [3.63, 3.8) is 0 Å². The van der Waals surface area contributed by atoms with Gasteiger partial charge >= 0.3 is 0 Å². The van der Waals surface area contributed by atoms with Gasteiger partial charge in [0, 0.05) is 10.9 Å². The molecule has 1 atom stereocenters. The molecule has 2 heterocycles. The van der Waals surface area contributed by atoms with E-state index in [1.165, 1.54) is 0 Å². The Kier molecular flexibility index (Phi) is 3.47. The Bertz CT molecular complexity index is 484. The Morgan fingerprint density at radius 2 is 2.24 bits per heavy atom. The molecule has 1 N–H and O–H groups in total. The molecule has 0 aliphatic heterocycles. The maximum Gasteiger partial charge on any atom is 0.183 e. The van der Waals surface area contributed by atoms with E-state index < -0.39 is 0 Å². The van der Waals surface area contributed by atoms with Crippen LogP contribution in [0.1, 0.15) is 42.6 Å². The number of nitrogens with one attached hydrogen (secondary N) is 1. The number of thiazole rings is 1. The zero-order chi connectivity index (χ0) is 12.4. The highest BCUT2D eigenvalue weighted by molar-refractivity contribution is 7.13. The largest absolute Gasteiger partial charge is 0.361 e. The standard InChI is InChI=1S/C12H17N3OS/c1-5-10-6-17-12(14-10)13-7(2)11-8(3)15-16-9(11)4/h6-7H,5H2,1-4H3,(H,13,14). The van der Waals surface area contributed by atoms with Crippen LogP contribution in [0.5, 0.6) is 0 Å². The van der Waals surface area contributed by atoms with Crippen LogP contribution in [0, 0.1) is 13.8 Å².